The molecule has 2 rings (SSSR count). The molecule has 0 bridgehead atoms. The molecular weight excluding hydrogens is 276 g/mol. The number of likely N-dealkylation sites (tertiary alicyclic amines) is 1. The molecule has 4 heteroatoms. The van der Waals surface area contributed by atoms with Crippen molar-refractivity contribution in [1.29, 1.82) is 0 Å². The maximum Gasteiger partial charge on any atom is 0.407 e. The van der Waals surface area contributed by atoms with E-state index in [1.165, 1.54) is 11.1 Å². The first-order chi connectivity index (χ1) is 10.3. The van der Waals surface area contributed by atoms with E-state index >= 15 is 0 Å². The van der Waals surface area contributed by atoms with E-state index in [1.807, 2.05) is 20.8 Å². The fourth-order valence-corrected chi connectivity index (χ4v) is 2.83. The van der Waals surface area contributed by atoms with E-state index in [1.54, 1.807) is 0 Å². The number of hydrogen-bond donors (Lipinski definition) is 1. The van der Waals surface area contributed by atoms with Gasteiger partial charge in [0.25, 0.3) is 0 Å². The van der Waals surface area contributed by atoms with Gasteiger partial charge in [-0.3, -0.25) is 4.90 Å². The molecule has 1 aliphatic rings. The van der Waals surface area contributed by atoms with Crippen LogP contribution >= 0.6 is 0 Å². The molecule has 1 unspecified atom stereocenters. The van der Waals surface area contributed by atoms with Crippen molar-refractivity contribution in [2.75, 3.05) is 19.6 Å². The maximum absolute atomic E-state index is 11.7. The molecule has 1 atom stereocenters. The molecule has 1 aliphatic heterocycles. The minimum Gasteiger partial charge on any atom is -0.444 e. The number of rotatable bonds is 4. The monoisotopic (exact) mass is 304 g/mol. The lowest BCUT2D eigenvalue weighted by Gasteiger charge is -2.21. The van der Waals surface area contributed by atoms with Crippen molar-refractivity contribution >= 4 is 6.09 Å². The molecule has 1 aromatic rings. The first-order valence-electron chi connectivity index (χ1n) is 8.06. The number of benzene rings is 1. The van der Waals surface area contributed by atoms with Gasteiger partial charge in [0.15, 0.2) is 0 Å². The Morgan fingerprint density at radius 1 is 1.41 bits per heavy atom. The van der Waals surface area contributed by atoms with Gasteiger partial charge in [0, 0.05) is 19.6 Å². The van der Waals surface area contributed by atoms with Crippen molar-refractivity contribution in [3.8, 4) is 0 Å². The zero-order valence-electron chi connectivity index (χ0n) is 14.2. The summed E-state index contributed by atoms with van der Waals surface area (Å²) in [6.07, 6.45) is 0.811. The van der Waals surface area contributed by atoms with Crippen molar-refractivity contribution in [3.63, 3.8) is 0 Å². The molecule has 122 valence electrons. The normalized spacial score (nSPS) is 19.2. The fourth-order valence-electron chi connectivity index (χ4n) is 2.83. The quantitative estimate of drug-likeness (QED) is 0.927. The first kappa shape index (κ1) is 16.8. The molecule has 1 N–H and O–H groups in total. The van der Waals surface area contributed by atoms with Crippen LogP contribution in [-0.2, 0) is 11.3 Å². The highest BCUT2D eigenvalue weighted by Crippen LogP contribution is 2.18. The van der Waals surface area contributed by atoms with Crippen LogP contribution in [0.5, 0.6) is 0 Å². The zero-order chi connectivity index (χ0) is 16.2. The van der Waals surface area contributed by atoms with Crippen LogP contribution in [0, 0.1) is 12.8 Å². The lowest BCUT2D eigenvalue weighted by molar-refractivity contribution is 0.0519. The molecule has 1 amide bonds. The Labute approximate surface area is 133 Å². The SMILES string of the molecule is Cc1cccc(CN2CCC(CNC(=O)OC(C)(C)C)C2)c1. The van der Waals surface area contributed by atoms with Gasteiger partial charge >= 0.3 is 6.09 Å². The van der Waals surface area contributed by atoms with Crippen LogP contribution in [0.25, 0.3) is 0 Å². The van der Waals surface area contributed by atoms with Crippen molar-refractivity contribution in [2.45, 2.75) is 46.3 Å². The van der Waals surface area contributed by atoms with Gasteiger partial charge in [-0.25, -0.2) is 4.79 Å². The van der Waals surface area contributed by atoms with Crippen molar-refractivity contribution in [3.05, 3.63) is 35.4 Å². The highest BCUT2D eigenvalue weighted by Gasteiger charge is 2.24. The number of hydrogen-bond acceptors (Lipinski definition) is 3. The third-order valence-electron chi connectivity index (χ3n) is 3.79. The highest BCUT2D eigenvalue weighted by molar-refractivity contribution is 5.67. The number of carbonyl (C=O) groups is 1. The van der Waals surface area contributed by atoms with E-state index in [0.29, 0.717) is 12.5 Å². The number of carbonyl (C=O) groups excluding carboxylic acids is 1. The summed E-state index contributed by atoms with van der Waals surface area (Å²) in [5.74, 6) is 0.511. The molecular formula is C18H28N2O2. The maximum atomic E-state index is 11.7. The van der Waals surface area contributed by atoms with Crippen molar-refractivity contribution in [2.24, 2.45) is 5.92 Å². The highest BCUT2D eigenvalue weighted by atomic mass is 16.6. The Morgan fingerprint density at radius 2 is 2.18 bits per heavy atom. The van der Waals surface area contributed by atoms with Gasteiger partial charge < -0.3 is 10.1 Å². The number of amides is 1. The van der Waals surface area contributed by atoms with E-state index in [4.69, 9.17) is 4.74 Å². The average molecular weight is 304 g/mol. The van der Waals surface area contributed by atoms with Crippen molar-refractivity contribution < 1.29 is 9.53 Å². The third-order valence-corrected chi connectivity index (χ3v) is 3.79. The minimum atomic E-state index is -0.434. The second-order valence-electron chi connectivity index (χ2n) is 7.26. The summed E-state index contributed by atoms with van der Waals surface area (Å²) in [6, 6.07) is 8.66. The van der Waals surface area contributed by atoms with E-state index in [-0.39, 0.29) is 6.09 Å². The van der Waals surface area contributed by atoms with Gasteiger partial charge in [-0.1, -0.05) is 29.8 Å². The third kappa shape index (κ3) is 5.68. The lowest BCUT2D eigenvalue weighted by atomic mass is 10.1. The Kier molecular flexibility index (Phi) is 5.46. The summed E-state index contributed by atoms with van der Waals surface area (Å²) in [5.41, 5.74) is 2.23. The Hall–Kier alpha value is -1.55. The standard InChI is InChI=1S/C18H28N2O2/c1-14-6-5-7-15(10-14)12-20-9-8-16(13-20)11-19-17(21)22-18(2,3)4/h5-7,10,16H,8-9,11-13H2,1-4H3,(H,19,21). The second kappa shape index (κ2) is 7.14. The summed E-state index contributed by atoms with van der Waals surface area (Å²) in [4.78, 5) is 14.1. The van der Waals surface area contributed by atoms with Gasteiger partial charge in [-0.15, -0.1) is 0 Å². The summed E-state index contributed by atoms with van der Waals surface area (Å²) < 4.78 is 5.27. The Morgan fingerprint density at radius 3 is 2.86 bits per heavy atom. The molecule has 1 saturated heterocycles. The number of alkyl carbamates (subject to hydrolysis) is 1. The lowest BCUT2D eigenvalue weighted by Crippen LogP contribution is -2.35. The van der Waals surface area contributed by atoms with Gasteiger partial charge in [0.2, 0.25) is 0 Å². The van der Waals surface area contributed by atoms with Gasteiger partial charge in [-0.2, -0.15) is 0 Å². The number of nitrogens with zero attached hydrogens (tertiary/aromatic N) is 1. The predicted molar refractivity (Wildman–Crippen MR) is 88.8 cm³/mol. The number of aryl methyl sites for hydroxylation is 1. The van der Waals surface area contributed by atoms with Crippen LogP contribution in [0.2, 0.25) is 0 Å². The molecule has 22 heavy (non-hydrogen) atoms. The zero-order valence-corrected chi connectivity index (χ0v) is 14.2. The Balaban J connectivity index is 1.73. The second-order valence-corrected chi connectivity index (χ2v) is 7.26. The topological polar surface area (TPSA) is 41.6 Å². The van der Waals surface area contributed by atoms with Crippen LogP contribution in [0.3, 0.4) is 0 Å². The summed E-state index contributed by atoms with van der Waals surface area (Å²) in [7, 11) is 0. The van der Waals surface area contributed by atoms with Crippen molar-refractivity contribution in [1.82, 2.24) is 10.2 Å². The molecule has 0 saturated carbocycles. The molecule has 1 heterocycles. The summed E-state index contributed by atoms with van der Waals surface area (Å²) >= 11 is 0. The van der Waals surface area contributed by atoms with Crippen LogP contribution in [-0.4, -0.2) is 36.2 Å². The predicted octanol–water partition coefficient (Wildman–Crippen LogP) is 3.34. The van der Waals surface area contributed by atoms with Crippen LogP contribution in [0.4, 0.5) is 4.79 Å². The minimum absolute atomic E-state index is 0.315. The summed E-state index contributed by atoms with van der Waals surface area (Å²) in [6.45, 7) is 11.6. The molecule has 0 aliphatic carbocycles. The molecule has 1 fully saturated rings. The van der Waals surface area contributed by atoms with Gasteiger partial charge in [0.1, 0.15) is 5.60 Å². The summed E-state index contributed by atoms with van der Waals surface area (Å²) in [5, 5.41) is 2.89. The van der Waals surface area contributed by atoms with E-state index < -0.39 is 5.60 Å². The molecule has 0 spiro atoms. The average Bonchev–Trinajstić information content (AvgIpc) is 2.82. The van der Waals surface area contributed by atoms with Crippen LogP contribution < -0.4 is 5.32 Å². The van der Waals surface area contributed by atoms with Crippen LogP contribution in [0.1, 0.15) is 38.3 Å². The molecule has 4 nitrogen and oxygen atoms in total. The number of ether oxygens (including phenoxy) is 1. The number of nitrogens with one attached hydrogen (secondary N) is 1. The fraction of sp³-hybridized carbons (Fsp3) is 0.611. The van der Waals surface area contributed by atoms with E-state index in [9.17, 15) is 4.79 Å². The van der Waals surface area contributed by atoms with E-state index in [0.717, 1.165) is 26.1 Å². The van der Waals surface area contributed by atoms with Crippen LogP contribution in [0.15, 0.2) is 24.3 Å². The molecule has 1 aromatic carbocycles. The Bertz CT molecular complexity index is 508. The molecule has 0 radical (unpaired) electrons. The van der Waals surface area contributed by atoms with Gasteiger partial charge in [0.05, 0.1) is 0 Å². The molecule has 0 aromatic heterocycles. The first-order valence-corrected chi connectivity index (χ1v) is 8.06. The van der Waals surface area contributed by atoms with E-state index in [2.05, 4.69) is 41.4 Å². The van der Waals surface area contributed by atoms with Gasteiger partial charge in [-0.05, 0) is 52.1 Å². The smallest absolute Gasteiger partial charge is 0.407 e. The largest absolute Gasteiger partial charge is 0.444 e.